The third-order valence-corrected chi connectivity index (χ3v) is 5.14. The van der Waals surface area contributed by atoms with Gasteiger partial charge in [-0.25, -0.2) is 0 Å². The Morgan fingerprint density at radius 3 is 2.96 bits per heavy atom. The molecule has 1 saturated carbocycles. The van der Waals surface area contributed by atoms with Crippen LogP contribution in [0.25, 0.3) is 0 Å². The van der Waals surface area contributed by atoms with E-state index in [1.54, 1.807) is 23.5 Å². The van der Waals surface area contributed by atoms with Crippen molar-refractivity contribution >= 4 is 11.8 Å². The lowest BCUT2D eigenvalue weighted by Crippen LogP contribution is -2.32. The molecular weight excluding hydrogens is 318 g/mol. The van der Waals surface area contributed by atoms with Crippen molar-refractivity contribution in [1.82, 2.24) is 25.4 Å². The maximum Gasteiger partial charge on any atom is 0.254 e. The van der Waals surface area contributed by atoms with Crippen LogP contribution in [0.5, 0.6) is 0 Å². The van der Waals surface area contributed by atoms with Crippen molar-refractivity contribution in [1.29, 1.82) is 0 Å². The van der Waals surface area contributed by atoms with E-state index in [1.807, 2.05) is 19.2 Å². The summed E-state index contributed by atoms with van der Waals surface area (Å²) in [6.45, 7) is 0.448. The lowest BCUT2D eigenvalue weighted by Gasteiger charge is -2.25. The zero-order chi connectivity index (χ0) is 17.4. The zero-order valence-electron chi connectivity index (χ0n) is 14.1. The minimum atomic E-state index is -0.123. The highest BCUT2D eigenvalue weighted by molar-refractivity contribution is 5.95. The van der Waals surface area contributed by atoms with Crippen LogP contribution in [-0.4, -0.2) is 45.5 Å². The van der Waals surface area contributed by atoms with Crippen molar-refractivity contribution in [2.45, 2.75) is 31.2 Å². The molecule has 3 heterocycles. The first-order valence-corrected chi connectivity index (χ1v) is 8.62. The van der Waals surface area contributed by atoms with Crippen molar-refractivity contribution in [2.24, 2.45) is 5.92 Å². The maximum absolute atomic E-state index is 12.5. The second-order valence-electron chi connectivity index (χ2n) is 6.88. The Morgan fingerprint density at radius 1 is 1.40 bits per heavy atom. The number of hydrogen-bond donors (Lipinski definition) is 2. The molecule has 2 atom stereocenters. The monoisotopic (exact) mass is 339 g/mol. The highest BCUT2D eigenvalue weighted by atomic mass is 16.2. The van der Waals surface area contributed by atoms with E-state index in [9.17, 15) is 9.59 Å². The number of nitrogens with one attached hydrogen (secondary N) is 2. The van der Waals surface area contributed by atoms with Gasteiger partial charge in [-0.2, -0.15) is 5.10 Å². The zero-order valence-corrected chi connectivity index (χ0v) is 14.1. The van der Waals surface area contributed by atoms with Gasteiger partial charge in [0.15, 0.2) is 0 Å². The van der Waals surface area contributed by atoms with Gasteiger partial charge in [0.05, 0.1) is 23.5 Å². The van der Waals surface area contributed by atoms with Gasteiger partial charge in [0.25, 0.3) is 5.91 Å². The van der Waals surface area contributed by atoms with Crippen LogP contribution in [0.4, 0.5) is 0 Å². The Balaban J connectivity index is 1.46. The molecule has 7 heteroatoms. The Kier molecular flexibility index (Phi) is 3.99. The van der Waals surface area contributed by atoms with Gasteiger partial charge in [0, 0.05) is 44.2 Å². The first kappa shape index (κ1) is 15.8. The van der Waals surface area contributed by atoms with Gasteiger partial charge < -0.3 is 10.2 Å². The summed E-state index contributed by atoms with van der Waals surface area (Å²) in [7, 11) is 1.81. The Bertz CT molecular complexity index is 784. The molecule has 1 saturated heterocycles. The van der Waals surface area contributed by atoms with E-state index in [2.05, 4.69) is 20.5 Å². The molecule has 0 unspecified atom stereocenters. The van der Waals surface area contributed by atoms with Crippen LogP contribution < -0.4 is 5.32 Å². The first-order valence-electron chi connectivity index (χ1n) is 8.62. The fourth-order valence-corrected chi connectivity index (χ4v) is 3.66. The highest BCUT2D eigenvalue weighted by Gasteiger charge is 2.39. The summed E-state index contributed by atoms with van der Waals surface area (Å²) in [5, 5.41) is 9.95. The summed E-state index contributed by atoms with van der Waals surface area (Å²) in [4.78, 5) is 30.6. The molecule has 0 aromatic carbocycles. The topological polar surface area (TPSA) is 91.0 Å². The molecule has 2 aliphatic rings. The minimum Gasteiger partial charge on any atom is -0.352 e. The standard InChI is InChI=1S/C18H21N5O2/c1-23-15(24)7-13(17(23)12-3-2-6-19-8-12)9-20-18(25)14-10-21-22-16(14)11-4-5-11/h2-3,6,8,10-11,13,17H,4-5,7,9H2,1H3,(H,20,25)(H,21,22)/t13-,17-/m0/s1. The van der Waals surface area contributed by atoms with Crippen LogP contribution in [0.15, 0.2) is 30.7 Å². The second-order valence-corrected chi connectivity index (χ2v) is 6.88. The van der Waals surface area contributed by atoms with E-state index in [0.717, 1.165) is 24.1 Å². The molecule has 0 spiro atoms. The summed E-state index contributed by atoms with van der Waals surface area (Å²) < 4.78 is 0. The number of hydrogen-bond acceptors (Lipinski definition) is 4. The van der Waals surface area contributed by atoms with E-state index in [4.69, 9.17) is 0 Å². The molecule has 1 aliphatic carbocycles. The number of amides is 2. The number of nitrogens with zero attached hydrogens (tertiary/aromatic N) is 3. The molecule has 7 nitrogen and oxygen atoms in total. The molecule has 25 heavy (non-hydrogen) atoms. The Hall–Kier alpha value is -2.70. The van der Waals surface area contributed by atoms with Crippen LogP contribution in [0.2, 0.25) is 0 Å². The average Bonchev–Trinajstić information content (AvgIpc) is 3.28. The molecule has 130 valence electrons. The highest BCUT2D eigenvalue weighted by Crippen LogP contribution is 2.40. The molecular formula is C18H21N5O2. The number of carbonyl (C=O) groups excluding carboxylic acids is 2. The maximum atomic E-state index is 12.5. The van der Waals surface area contributed by atoms with Crippen LogP contribution >= 0.6 is 0 Å². The number of H-pyrrole nitrogens is 1. The molecule has 4 rings (SSSR count). The molecule has 2 aromatic rings. The molecule has 1 aliphatic heterocycles. The van der Waals surface area contributed by atoms with Crippen LogP contribution in [0.3, 0.4) is 0 Å². The SMILES string of the molecule is CN1C(=O)C[C@@H](CNC(=O)c2cn[nH]c2C2CC2)[C@@H]1c1cccnc1. The summed E-state index contributed by atoms with van der Waals surface area (Å²) >= 11 is 0. The second kappa shape index (κ2) is 6.31. The van der Waals surface area contributed by atoms with Crippen LogP contribution in [0.1, 0.15) is 52.8 Å². The van der Waals surface area contributed by atoms with Gasteiger partial charge in [0.2, 0.25) is 5.91 Å². The summed E-state index contributed by atoms with van der Waals surface area (Å²) in [6.07, 6.45) is 7.73. The predicted molar refractivity (Wildman–Crippen MR) is 90.8 cm³/mol. The van der Waals surface area contributed by atoms with Crippen molar-refractivity contribution in [2.75, 3.05) is 13.6 Å². The largest absolute Gasteiger partial charge is 0.352 e. The first-order chi connectivity index (χ1) is 12.1. The van der Waals surface area contributed by atoms with E-state index in [1.165, 1.54) is 0 Å². The van der Waals surface area contributed by atoms with Gasteiger partial charge in [-0.3, -0.25) is 19.7 Å². The summed E-state index contributed by atoms with van der Waals surface area (Å²) in [6, 6.07) is 3.78. The fraction of sp³-hybridized carbons (Fsp3) is 0.444. The molecule has 2 aromatic heterocycles. The quantitative estimate of drug-likeness (QED) is 0.866. The van der Waals surface area contributed by atoms with Gasteiger partial charge in [-0.1, -0.05) is 6.07 Å². The Morgan fingerprint density at radius 2 is 2.24 bits per heavy atom. The molecule has 2 amide bonds. The average molecular weight is 339 g/mol. The van der Waals surface area contributed by atoms with Gasteiger partial charge >= 0.3 is 0 Å². The smallest absolute Gasteiger partial charge is 0.254 e. The van der Waals surface area contributed by atoms with Gasteiger partial charge in [0.1, 0.15) is 0 Å². The number of pyridine rings is 1. The third-order valence-electron chi connectivity index (χ3n) is 5.14. The van der Waals surface area contributed by atoms with Gasteiger partial charge in [-0.15, -0.1) is 0 Å². The normalized spacial score (nSPS) is 23.1. The molecule has 0 bridgehead atoms. The summed E-state index contributed by atoms with van der Waals surface area (Å²) in [5.41, 5.74) is 2.55. The number of carbonyl (C=O) groups is 2. The van der Waals surface area contributed by atoms with Crippen molar-refractivity contribution in [3.05, 3.63) is 47.5 Å². The minimum absolute atomic E-state index is 0.0296. The number of rotatable bonds is 5. The number of aromatic nitrogens is 3. The summed E-state index contributed by atoms with van der Waals surface area (Å²) in [5.74, 6) is 0.435. The molecule has 0 radical (unpaired) electrons. The van der Waals surface area contributed by atoms with E-state index >= 15 is 0 Å². The fourth-order valence-electron chi connectivity index (χ4n) is 3.66. The Labute approximate surface area is 145 Å². The lowest BCUT2D eigenvalue weighted by molar-refractivity contribution is -0.127. The molecule has 2 fully saturated rings. The van der Waals surface area contributed by atoms with Crippen molar-refractivity contribution in [3.8, 4) is 0 Å². The number of aromatic amines is 1. The van der Waals surface area contributed by atoms with Gasteiger partial charge in [-0.05, 0) is 24.5 Å². The lowest BCUT2D eigenvalue weighted by atomic mass is 9.94. The molecule has 2 N–H and O–H groups in total. The van der Waals surface area contributed by atoms with Crippen LogP contribution in [-0.2, 0) is 4.79 Å². The van der Waals surface area contributed by atoms with Crippen molar-refractivity contribution in [3.63, 3.8) is 0 Å². The third kappa shape index (κ3) is 3.01. The van der Waals surface area contributed by atoms with E-state index in [0.29, 0.717) is 24.4 Å². The number of likely N-dealkylation sites (tertiary alicyclic amines) is 1. The predicted octanol–water partition coefficient (Wildman–Crippen LogP) is 1.63. The van der Waals surface area contributed by atoms with E-state index < -0.39 is 0 Å². The van der Waals surface area contributed by atoms with Crippen LogP contribution in [0, 0.1) is 5.92 Å². The van der Waals surface area contributed by atoms with Crippen molar-refractivity contribution < 1.29 is 9.59 Å². The van der Waals surface area contributed by atoms with E-state index in [-0.39, 0.29) is 23.8 Å².